The number of nitrogens with two attached hydrogens (primary N) is 1. The Morgan fingerprint density at radius 2 is 2.00 bits per heavy atom. The van der Waals surface area contributed by atoms with Crippen LogP contribution in [0.4, 0.5) is 13.2 Å². The number of nitrogens with zero attached hydrogens (tertiary/aromatic N) is 1. The van der Waals surface area contributed by atoms with Gasteiger partial charge in [0.15, 0.2) is 0 Å². The molecule has 0 aromatic heterocycles. The normalized spacial score (nSPS) is 27.0. The molecule has 0 spiro atoms. The Labute approximate surface area is 93.7 Å². The van der Waals surface area contributed by atoms with Crippen LogP contribution in [-0.2, 0) is 4.74 Å². The molecule has 1 saturated heterocycles. The van der Waals surface area contributed by atoms with Gasteiger partial charge >= 0.3 is 6.18 Å². The molecule has 0 aliphatic carbocycles. The molecule has 1 heterocycles. The Morgan fingerprint density at radius 1 is 1.38 bits per heavy atom. The third-order valence-electron chi connectivity index (χ3n) is 2.83. The van der Waals surface area contributed by atoms with Crippen molar-refractivity contribution in [2.24, 2.45) is 11.7 Å². The number of hydrogen-bond acceptors (Lipinski definition) is 3. The van der Waals surface area contributed by atoms with Crippen LogP contribution >= 0.6 is 0 Å². The maximum Gasteiger partial charge on any atom is 0.401 e. The Kier molecular flexibility index (Phi) is 4.58. The second kappa shape index (κ2) is 5.33. The molecule has 3 nitrogen and oxygen atoms in total. The van der Waals surface area contributed by atoms with E-state index in [1.807, 2.05) is 0 Å². The molecule has 0 aromatic carbocycles. The van der Waals surface area contributed by atoms with Crippen molar-refractivity contribution in [2.45, 2.75) is 32.1 Å². The van der Waals surface area contributed by atoms with Gasteiger partial charge in [-0.2, -0.15) is 13.2 Å². The second-order valence-corrected chi connectivity index (χ2v) is 4.60. The van der Waals surface area contributed by atoms with Crippen LogP contribution in [0.3, 0.4) is 0 Å². The average Bonchev–Trinajstić information content (AvgIpc) is 2.48. The van der Waals surface area contributed by atoms with E-state index < -0.39 is 12.7 Å². The van der Waals surface area contributed by atoms with Gasteiger partial charge in [-0.05, 0) is 13.8 Å². The summed E-state index contributed by atoms with van der Waals surface area (Å²) in [7, 11) is 0. The summed E-state index contributed by atoms with van der Waals surface area (Å²) in [5, 5.41) is 0. The number of rotatable bonds is 4. The van der Waals surface area contributed by atoms with Crippen LogP contribution in [0.2, 0.25) is 0 Å². The number of alkyl halides is 3. The molecule has 16 heavy (non-hydrogen) atoms. The van der Waals surface area contributed by atoms with Gasteiger partial charge in [0.05, 0.1) is 19.8 Å². The van der Waals surface area contributed by atoms with Gasteiger partial charge in [0.25, 0.3) is 0 Å². The van der Waals surface area contributed by atoms with Gasteiger partial charge in [0.2, 0.25) is 0 Å². The zero-order chi connectivity index (χ0) is 12.3. The van der Waals surface area contributed by atoms with Gasteiger partial charge in [-0.25, -0.2) is 0 Å². The highest BCUT2D eigenvalue weighted by Gasteiger charge is 2.34. The summed E-state index contributed by atoms with van der Waals surface area (Å²) in [6.45, 7) is 3.89. The van der Waals surface area contributed by atoms with E-state index >= 15 is 0 Å². The van der Waals surface area contributed by atoms with Crippen molar-refractivity contribution in [3.8, 4) is 0 Å². The first kappa shape index (κ1) is 13.7. The van der Waals surface area contributed by atoms with Gasteiger partial charge in [-0.1, -0.05) is 0 Å². The smallest absolute Gasteiger partial charge is 0.379 e. The SMILES string of the molecule is CC(C)N(CC1COCC1N)CC(F)(F)F. The minimum absolute atomic E-state index is 0.00440. The lowest BCUT2D eigenvalue weighted by atomic mass is 10.0. The predicted molar refractivity (Wildman–Crippen MR) is 55.0 cm³/mol. The molecular weight excluding hydrogens is 221 g/mol. The Hall–Kier alpha value is -0.330. The number of ether oxygens (including phenoxy) is 1. The Bertz CT molecular complexity index is 221. The van der Waals surface area contributed by atoms with Crippen molar-refractivity contribution >= 4 is 0 Å². The van der Waals surface area contributed by atoms with E-state index in [1.165, 1.54) is 4.90 Å². The highest BCUT2D eigenvalue weighted by Crippen LogP contribution is 2.21. The summed E-state index contributed by atoms with van der Waals surface area (Å²) >= 11 is 0. The van der Waals surface area contributed by atoms with Crippen LogP contribution in [-0.4, -0.2) is 49.5 Å². The molecule has 0 aromatic rings. The van der Waals surface area contributed by atoms with Crippen LogP contribution < -0.4 is 5.73 Å². The van der Waals surface area contributed by atoms with Crippen LogP contribution in [0.5, 0.6) is 0 Å². The van der Waals surface area contributed by atoms with Gasteiger partial charge in [-0.15, -0.1) is 0 Å². The maximum atomic E-state index is 12.3. The summed E-state index contributed by atoms with van der Waals surface area (Å²) in [6.07, 6.45) is -4.16. The molecule has 1 aliphatic heterocycles. The molecular formula is C10H19F3N2O. The van der Waals surface area contributed by atoms with E-state index in [-0.39, 0.29) is 18.0 Å². The molecule has 0 saturated carbocycles. The highest BCUT2D eigenvalue weighted by molar-refractivity contribution is 4.82. The first-order valence-corrected chi connectivity index (χ1v) is 5.43. The molecule has 1 aliphatic rings. The Balaban J connectivity index is 2.51. The van der Waals surface area contributed by atoms with E-state index in [0.29, 0.717) is 19.8 Å². The minimum atomic E-state index is -4.16. The van der Waals surface area contributed by atoms with Gasteiger partial charge in [0, 0.05) is 24.5 Å². The summed E-state index contributed by atoms with van der Waals surface area (Å²) < 4.78 is 42.1. The zero-order valence-corrected chi connectivity index (χ0v) is 9.63. The third-order valence-corrected chi connectivity index (χ3v) is 2.83. The molecule has 2 atom stereocenters. The number of hydrogen-bond donors (Lipinski definition) is 1. The standard InChI is InChI=1S/C10H19F3N2O/c1-7(2)15(6-10(11,12)13)3-8-4-16-5-9(8)14/h7-9H,3-6,14H2,1-2H3. The third kappa shape index (κ3) is 4.27. The lowest BCUT2D eigenvalue weighted by molar-refractivity contribution is -0.151. The molecule has 0 amide bonds. The van der Waals surface area contributed by atoms with Crippen molar-refractivity contribution in [2.75, 3.05) is 26.3 Å². The molecule has 1 rings (SSSR count). The van der Waals surface area contributed by atoms with Gasteiger partial charge in [0.1, 0.15) is 0 Å². The molecule has 2 unspecified atom stereocenters. The quantitative estimate of drug-likeness (QED) is 0.803. The second-order valence-electron chi connectivity index (χ2n) is 4.60. The van der Waals surface area contributed by atoms with Crippen LogP contribution in [0.25, 0.3) is 0 Å². The predicted octanol–water partition coefficient (Wildman–Crippen LogP) is 1.23. The van der Waals surface area contributed by atoms with Crippen molar-refractivity contribution < 1.29 is 17.9 Å². The lowest BCUT2D eigenvalue weighted by Gasteiger charge is -2.30. The molecule has 1 fully saturated rings. The first-order chi connectivity index (χ1) is 7.29. The van der Waals surface area contributed by atoms with E-state index in [0.717, 1.165) is 0 Å². The average molecular weight is 240 g/mol. The van der Waals surface area contributed by atoms with E-state index in [2.05, 4.69) is 0 Å². The summed E-state index contributed by atoms with van der Waals surface area (Å²) in [5.41, 5.74) is 5.76. The molecule has 2 N–H and O–H groups in total. The monoisotopic (exact) mass is 240 g/mol. The fourth-order valence-electron chi connectivity index (χ4n) is 1.79. The summed E-state index contributed by atoms with van der Waals surface area (Å²) in [4.78, 5) is 1.40. The molecule has 0 radical (unpaired) electrons. The number of halogens is 3. The zero-order valence-electron chi connectivity index (χ0n) is 9.63. The topological polar surface area (TPSA) is 38.5 Å². The lowest BCUT2D eigenvalue weighted by Crippen LogP contribution is -2.45. The molecule has 96 valence electrons. The maximum absolute atomic E-state index is 12.3. The largest absolute Gasteiger partial charge is 0.401 e. The minimum Gasteiger partial charge on any atom is -0.379 e. The molecule has 0 bridgehead atoms. The molecule has 6 heteroatoms. The van der Waals surface area contributed by atoms with Crippen molar-refractivity contribution in [1.29, 1.82) is 0 Å². The van der Waals surface area contributed by atoms with E-state index in [1.54, 1.807) is 13.8 Å². The van der Waals surface area contributed by atoms with Crippen LogP contribution in [0, 0.1) is 5.92 Å². The van der Waals surface area contributed by atoms with Crippen LogP contribution in [0.15, 0.2) is 0 Å². The summed E-state index contributed by atoms with van der Waals surface area (Å²) in [5.74, 6) is 0.00440. The van der Waals surface area contributed by atoms with Gasteiger partial charge < -0.3 is 10.5 Å². The van der Waals surface area contributed by atoms with Crippen LogP contribution in [0.1, 0.15) is 13.8 Å². The van der Waals surface area contributed by atoms with E-state index in [9.17, 15) is 13.2 Å². The summed E-state index contributed by atoms with van der Waals surface area (Å²) in [6, 6.07) is -0.288. The first-order valence-electron chi connectivity index (χ1n) is 5.43. The fourth-order valence-corrected chi connectivity index (χ4v) is 1.79. The van der Waals surface area contributed by atoms with Crippen molar-refractivity contribution in [3.05, 3.63) is 0 Å². The van der Waals surface area contributed by atoms with E-state index in [4.69, 9.17) is 10.5 Å². The fraction of sp³-hybridized carbons (Fsp3) is 1.00. The highest BCUT2D eigenvalue weighted by atomic mass is 19.4. The van der Waals surface area contributed by atoms with Gasteiger partial charge in [-0.3, -0.25) is 4.90 Å². The Morgan fingerprint density at radius 3 is 2.38 bits per heavy atom. The van der Waals surface area contributed by atoms with Crippen molar-refractivity contribution in [3.63, 3.8) is 0 Å². The van der Waals surface area contributed by atoms with Crippen molar-refractivity contribution in [1.82, 2.24) is 4.90 Å².